The second kappa shape index (κ2) is 6.45. The average molecular weight is 277 g/mol. The van der Waals surface area contributed by atoms with Gasteiger partial charge in [0.25, 0.3) is 0 Å². The van der Waals surface area contributed by atoms with Crippen LogP contribution >= 0.6 is 0 Å². The number of rotatable bonds is 6. The number of hydrogen-bond acceptors (Lipinski definition) is 4. The lowest BCUT2D eigenvalue weighted by atomic mass is 10.3. The molecule has 0 bridgehead atoms. The molecule has 0 radical (unpaired) electrons. The van der Waals surface area contributed by atoms with E-state index in [0.717, 1.165) is 24.9 Å². The largest absolute Gasteiger partial charge is 0.368 e. The topological polar surface area (TPSA) is 55.6 Å². The third-order valence-electron chi connectivity index (χ3n) is 2.90. The van der Waals surface area contributed by atoms with Crippen molar-refractivity contribution in [2.75, 3.05) is 11.9 Å². The molecule has 5 nitrogen and oxygen atoms in total. The fourth-order valence-electron chi connectivity index (χ4n) is 1.88. The Bertz CT molecular complexity index is 579. The molecule has 0 fully saturated rings. The third kappa shape index (κ3) is 3.12. The number of aryl methyl sites for hydroxylation is 2. The number of nitrogens with zero attached hydrogens (tertiary/aromatic N) is 4. The third-order valence-corrected chi connectivity index (χ3v) is 2.90. The van der Waals surface area contributed by atoms with Gasteiger partial charge in [0.1, 0.15) is 0 Å². The highest BCUT2D eigenvalue weighted by Gasteiger charge is 2.13. The molecule has 2 aromatic heterocycles. The molecule has 20 heavy (non-hydrogen) atoms. The highest BCUT2D eigenvalue weighted by atomic mass is 19.1. The first-order valence-corrected chi connectivity index (χ1v) is 6.96. The van der Waals surface area contributed by atoms with Gasteiger partial charge in [0.05, 0.1) is 17.5 Å². The maximum atomic E-state index is 13.9. The van der Waals surface area contributed by atoms with E-state index in [0.29, 0.717) is 18.1 Å². The summed E-state index contributed by atoms with van der Waals surface area (Å²) in [4.78, 5) is 8.47. The van der Waals surface area contributed by atoms with Crippen molar-refractivity contribution < 1.29 is 4.39 Å². The summed E-state index contributed by atoms with van der Waals surface area (Å²) in [6.07, 6.45) is 5.52. The van der Waals surface area contributed by atoms with Gasteiger partial charge in [-0.25, -0.2) is 14.4 Å². The lowest BCUT2D eigenvalue weighted by molar-refractivity contribution is 0.602. The van der Waals surface area contributed by atoms with Crippen molar-refractivity contribution >= 4 is 5.82 Å². The molecular formula is C14H20FN5. The van der Waals surface area contributed by atoms with Crippen LogP contribution in [-0.4, -0.2) is 26.3 Å². The Hall–Kier alpha value is -1.98. The Balaban J connectivity index is 2.32. The Morgan fingerprint density at radius 1 is 1.25 bits per heavy atom. The molecule has 2 rings (SSSR count). The van der Waals surface area contributed by atoms with Gasteiger partial charge in [-0.05, 0) is 19.8 Å². The molecule has 0 unspecified atom stereocenters. The monoisotopic (exact) mass is 277 g/mol. The Labute approximate surface area is 118 Å². The first-order valence-electron chi connectivity index (χ1n) is 6.96. The van der Waals surface area contributed by atoms with Crippen LogP contribution in [0.2, 0.25) is 0 Å². The zero-order valence-corrected chi connectivity index (χ0v) is 12.1. The van der Waals surface area contributed by atoms with Crippen molar-refractivity contribution in [3.05, 3.63) is 23.9 Å². The van der Waals surface area contributed by atoms with Gasteiger partial charge >= 0.3 is 0 Å². The normalized spacial score (nSPS) is 10.8. The first-order chi connectivity index (χ1) is 9.65. The fourth-order valence-corrected chi connectivity index (χ4v) is 1.88. The predicted molar refractivity (Wildman–Crippen MR) is 77.0 cm³/mol. The smallest absolute Gasteiger partial charge is 0.186 e. The van der Waals surface area contributed by atoms with Crippen LogP contribution in [0, 0.1) is 12.7 Å². The molecule has 2 aromatic rings. The van der Waals surface area contributed by atoms with Crippen molar-refractivity contribution in [1.29, 1.82) is 0 Å². The number of halogens is 1. The SMILES string of the molecule is CCCNc1nc(-c2cnn(CCC)c2)nc(C)c1F. The average Bonchev–Trinajstić information content (AvgIpc) is 2.89. The summed E-state index contributed by atoms with van der Waals surface area (Å²) in [6, 6.07) is 0. The quantitative estimate of drug-likeness (QED) is 0.881. The molecule has 0 aliphatic heterocycles. The van der Waals surface area contributed by atoms with Crippen LogP contribution in [0.25, 0.3) is 11.4 Å². The zero-order chi connectivity index (χ0) is 14.5. The molecule has 2 heterocycles. The molecule has 0 saturated carbocycles. The Morgan fingerprint density at radius 3 is 2.75 bits per heavy atom. The standard InChI is InChI=1S/C14H20FN5/c1-4-6-16-14-12(15)10(3)18-13(19-14)11-8-17-20(9-11)7-5-2/h8-9H,4-7H2,1-3H3,(H,16,18,19). The lowest BCUT2D eigenvalue weighted by Gasteiger charge is -2.08. The van der Waals surface area contributed by atoms with Crippen molar-refractivity contribution in [2.45, 2.75) is 40.2 Å². The molecule has 0 aromatic carbocycles. The van der Waals surface area contributed by atoms with E-state index in [1.54, 1.807) is 13.1 Å². The van der Waals surface area contributed by atoms with Gasteiger partial charge in [-0.2, -0.15) is 5.10 Å². The molecule has 0 amide bonds. The summed E-state index contributed by atoms with van der Waals surface area (Å²) in [7, 11) is 0. The van der Waals surface area contributed by atoms with Crippen molar-refractivity contribution in [2.24, 2.45) is 0 Å². The maximum Gasteiger partial charge on any atom is 0.186 e. The highest BCUT2D eigenvalue weighted by molar-refractivity contribution is 5.56. The summed E-state index contributed by atoms with van der Waals surface area (Å²) < 4.78 is 15.8. The van der Waals surface area contributed by atoms with Crippen molar-refractivity contribution in [3.8, 4) is 11.4 Å². The van der Waals surface area contributed by atoms with Crippen molar-refractivity contribution in [3.63, 3.8) is 0 Å². The van der Waals surface area contributed by atoms with Crippen LogP contribution in [-0.2, 0) is 6.54 Å². The van der Waals surface area contributed by atoms with Gasteiger partial charge < -0.3 is 5.32 Å². The van der Waals surface area contributed by atoms with E-state index in [9.17, 15) is 4.39 Å². The molecule has 0 atom stereocenters. The van der Waals surface area contributed by atoms with E-state index in [2.05, 4.69) is 27.3 Å². The van der Waals surface area contributed by atoms with E-state index in [-0.39, 0.29) is 11.6 Å². The van der Waals surface area contributed by atoms with E-state index >= 15 is 0 Å². The maximum absolute atomic E-state index is 13.9. The van der Waals surface area contributed by atoms with E-state index in [1.165, 1.54) is 0 Å². The van der Waals surface area contributed by atoms with Crippen molar-refractivity contribution in [1.82, 2.24) is 19.7 Å². The van der Waals surface area contributed by atoms with Crippen LogP contribution in [0.5, 0.6) is 0 Å². The minimum absolute atomic E-state index is 0.262. The lowest BCUT2D eigenvalue weighted by Crippen LogP contribution is -2.08. The number of nitrogens with one attached hydrogen (secondary N) is 1. The molecule has 0 spiro atoms. The predicted octanol–water partition coefficient (Wildman–Crippen LogP) is 3.02. The number of aromatic nitrogens is 4. The molecule has 0 aliphatic rings. The second-order valence-corrected chi connectivity index (χ2v) is 4.71. The van der Waals surface area contributed by atoms with Gasteiger partial charge in [-0.15, -0.1) is 0 Å². The van der Waals surface area contributed by atoms with Gasteiger partial charge in [0, 0.05) is 19.3 Å². The van der Waals surface area contributed by atoms with Gasteiger partial charge in [-0.1, -0.05) is 13.8 Å². The fraction of sp³-hybridized carbons (Fsp3) is 0.500. The summed E-state index contributed by atoms with van der Waals surface area (Å²) in [5, 5.41) is 7.24. The molecule has 108 valence electrons. The molecule has 0 aliphatic carbocycles. The minimum atomic E-state index is -0.386. The molecule has 0 saturated heterocycles. The van der Waals surface area contributed by atoms with E-state index < -0.39 is 0 Å². The van der Waals surface area contributed by atoms with Crippen LogP contribution < -0.4 is 5.32 Å². The summed E-state index contributed by atoms with van der Waals surface area (Å²) in [6.45, 7) is 7.29. The summed E-state index contributed by atoms with van der Waals surface area (Å²) in [5.41, 5.74) is 1.15. The van der Waals surface area contributed by atoms with Crippen LogP contribution in [0.4, 0.5) is 10.2 Å². The highest BCUT2D eigenvalue weighted by Crippen LogP contribution is 2.20. The summed E-state index contributed by atoms with van der Waals surface area (Å²) >= 11 is 0. The number of anilines is 1. The van der Waals surface area contributed by atoms with Crippen LogP contribution in [0.15, 0.2) is 12.4 Å². The van der Waals surface area contributed by atoms with Crippen LogP contribution in [0.3, 0.4) is 0 Å². The van der Waals surface area contributed by atoms with E-state index in [4.69, 9.17) is 0 Å². The Morgan fingerprint density at radius 2 is 2.05 bits per heavy atom. The molecule has 6 heteroatoms. The minimum Gasteiger partial charge on any atom is -0.368 e. The van der Waals surface area contributed by atoms with E-state index in [1.807, 2.05) is 17.8 Å². The van der Waals surface area contributed by atoms with Gasteiger partial charge in [-0.3, -0.25) is 4.68 Å². The zero-order valence-electron chi connectivity index (χ0n) is 12.1. The number of hydrogen-bond donors (Lipinski definition) is 1. The molecular weight excluding hydrogens is 257 g/mol. The van der Waals surface area contributed by atoms with Crippen LogP contribution in [0.1, 0.15) is 32.4 Å². The Kier molecular flexibility index (Phi) is 4.65. The van der Waals surface area contributed by atoms with Gasteiger partial charge in [0.15, 0.2) is 17.5 Å². The summed E-state index contributed by atoms with van der Waals surface area (Å²) in [5.74, 6) is 0.380. The first kappa shape index (κ1) is 14.4. The van der Waals surface area contributed by atoms with Gasteiger partial charge in [0.2, 0.25) is 0 Å². The second-order valence-electron chi connectivity index (χ2n) is 4.71. The molecule has 1 N–H and O–H groups in total.